The summed E-state index contributed by atoms with van der Waals surface area (Å²) in [5.41, 5.74) is 0. The van der Waals surface area contributed by atoms with Gasteiger partial charge in [-0.25, -0.2) is 9.59 Å². The van der Waals surface area contributed by atoms with Gasteiger partial charge in [0.1, 0.15) is 6.04 Å². The standard InChI is InChI=1S/C15H23N3O5/c1-3-23-15(21)16-6-4-10(5-7-16)18-13(19)12-8-11(22-2)9-17(12)14(18)20/h10-12H,3-9H2,1-2H3/t11-,12+/m1/s1. The Morgan fingerprint density at radius 3 is 2.52 bits per heavy atom. The molecule has 8 nitrogen and oxygen atoms in total. The number of urea groups is 1. The molecule has 128 valence electrons. The molecule has 0 spiro atoms. The van der Waals surface area contributed by atoms with Crippen LogP contribution in [0.5, 0.6) is 0 Å². The van der Waals surface area contributed by atoms with E-state index in [1.165, 1.54) is 4.90 Å². The lowest BCUT2D eigenvalue weighted by Crippen LogP contribution is -2.50. The molecule has 0 saturated carbocycles. The van der Waals surface area contributed by atoms with Crippen molar-refractivity contribution in [2.24, 2.45) is 0 Å². The normalized spacial score (nSPS) is 28.5. The fourth-order valence-electron chi connectivity index (χ4n) is 3.66. The Labute approximate surface area is 135 Å². The number of methoxy groups -OCH3 is 1. The molecule has 3 rings (SSSR count). The summed E-state index contributed by atoms with van der Waals surface area (Å²) < 4.78 is 10.3. The minimum atomic E-state index is -0.379. The fourth-order valence-corrected chi connectivity index (χ4v) is 3.66. The third-order valence-electron chi connectivity index (χ3n) is 4.93. The van der Waals surface area contributed by atoms with E-state index in [0.717, 1.165) is 0 Å². The Hall–Kier alpha value is -1.83. The summed E-state index contributed by atoms with van der Waals surface area (Å²) in [4.78, 5) is 41.5. The van der Waals surface area contributed by atoms with Gasteiger partial charge in [0.2, 0.25) is 0 Å². The molecule has 4 amide bonds. The number of rotatable bonds is 3. The van der Waals surface area contributed by atoms with Gasteiger partial charge in [-0.05, 0) is 19.8 Å². The smallest absolute Gasteiger partial charge is 0.409 e. The molecule has 3 heterocycles. The number of imide groups is 1. The maximum absolute atomic E-state index is 12.6. The summed E-state index contributed by atoms with van der Waals surface area (Å²) in [5.74, 6) is -0.121. The second kappa shape index (κ2) is 6.35. The molecule has 2 atom stereocenters. The van der Waals surface area contributed by atoms with Crippen molar-refractivity contribution >= 4 is 18.0 Å². The highest BCUT2D eigenvalue weighted by Gasteiger charge is 2.52. The van der Waals surface area contributed by atoms with Crippen LogP contribution in [-0.2, 0) is 14.3 Å². The Bertz CT molecular complexity index is 479. The molecule has 3 aliphatic rings. The topological polar surface area (TPSA) is 79.4 Å². The van der Waals surface area contributed by atoms with Crippen LogP contribution in [0.25, 0.3) is 0 Å². The lowest BCUT2D eigenvalue weighted by atomic mass is 10.0. The highest BCUT2D eigenvalue weighted by atomic mass is 16.6. The van der Waals surface area contributed by atoms with Gasteiger partial charge in [-0.2, -0.15) is 0 Å². The lowest BCUT2D eigenvalue weighted by molar-refractivity contribution is -0.130. The Kier molecular flexibility index (Phi) is 4.43. The Morgan fingerprint density at radius 1 is 1.26 bits per heavy atom. The van der Waals surface area contributed by atoms with E-state index in [-0.39, 0.29) is 36.2 Å². The van der Waals surface area contributed by atoms with Crippen molar-refractivity contribution in [2.45, 2.75) is 44.4 Å². The van der Waals surface area contributed by atoms with Crippen LogP contribution in [0.2, 0.25) is 0 Å². The highest BCUT2D eigenvalue weighted by molar-refractivity contribution is 6.05. The number of nitrogens with zero attached hydrogens (tertiary/aromatic N) is 3. The van der Waals surface area contributed by atoms with E-state index in [1.807, 2.05) is 0 Å². The van der Waals surface area contributed by atoms with Crippen LogP contribution in [0, 0.1) is 0 Å². The molecule has 0 aromatic carbocycles. The second-order valence-corrected chi connectivity index (χ2v) is 6.17. The molecule has 0 radical (unpaired) electrons. The Balaban J connectivity index is 1.60. The first-order valence-corrected chi connectivity index (χ1v) is 8.15. The Morgan fingerprint density at radius 2 is 1.96 bits per heavy atom. The van der Waals surface area contributed by atoms with Crippen LogP contribution in [0.15, 0.2) is 0 Å². The maximum atomic E-state index is 12.6. The summed E-state index contributed by atoms with van der Waals surface area (Å²) in [6.07, 6.45) is 1.39. The molecule has 0 aromatic rings. The molecule has 23 heavy (non-hydrogen) atoms. The summed E-state index contributed by atoms with van der Waals surface area (Å²) >= 11 is 0. The first-order valence-electron chi connectivity index (χ1n) is 8.15. The summed E-state index contributed by atoms with van der Waals surface area (Å²) in [6, 6.07) is -0.725. The van der Waals surface area contributed by atoms with Crippen molar-refractivity contribution in [1.29, 1.82) is 0 Å². The molecule has 0 N–H and O–H groups in total. The highest BCUT2D eigenvalue weighted by Crippen LogP contribution is 2.32. The summed E-state index contributed by atoms with van der Waals surface area (Å²) in [5, 5.41) is 0. The van der Waals surface area contributed by atoms with E-state index in [1.54, 1.807) is 23.8 Å². The molecule has 8 heteroatoms. The van der Waals surface area contributed by atoms with Gasteiger partial charge in [0.25, 0.3) is 5.91 Å². The van der Waals surface area contributed by atoms with Gasteiger partial charge in [-0.3, -0.25) is 9.69 Å². The number of ether oxygens (including phenoxy) is 2. The molecule has 3 aliphatic heterocycles. The van der Waals surface area contributed by atoms with E-state index in [4.69, 9.17) is 9.47 Å². The second-order valence-electron chi connectivity index (χ2n) is 6.17. The zero-order chi connectivity index (χ0) is 16.6. The van der Waals surface area contributed by atoms with Gasteiger partial charge < -0.3 is 19.3 Å². The SMILES string of the molecule is CCOC(=O)N1CCC(N2C(=O)[C@@H]3C[C@@H](OC)CN3C2=O)CC1. The average Bonchev–Trinajstić information content (AvgIpc) is 3.08. The van der Waals surface area contributed by atoms with E-state index >= 15 is 0 Å². The first kappa shape index (κ1) is 16.0. The number of carbonyl (C=O) groups is 3. The van der Waals surface area contributed by atoms with E-state index in [0.29, 0.717) is 45.5 Å². The van der Waals surface area contributed by atoms with Gasteiger partial charge >= 0.3 is 12.1 Å². The van der Waals surface area contributed by atoms with Crippen LogP contribution >= 0.6 is 0 Å². The lowest BCUT2D eigenvalue weighted by Gasteiger charge is -2.35. The van der Waals surface area contributed by atoms with Gasteiger partial charge in [-0.1, -0.05) is 0 Å². The fraction of sp³-hybridized carbons (Fsp3) is 0.800. The monoisotopic (exact) mass is 325 g/mol. The van der Waals surface area contributed by atoms with Crippen LogP contribution in [0.1, 0.15) is 26.2 Å². The van der Waals surface area contributed by atoms with Crippen molar-refractivity contribution in [1.82, 2.24) is 14.7 Å². The molecule has 3 saturated heterocycles. The molecular formula is C15H23N3O5. The van der Waals surface area contributed by atoms with Crippen LogP contribution in [-0.4, -0.2) is 84.3 Å². The molecule has 0 bridgehead atoms. The number of hydrogen-bond donors (Lipinski definition) is 0. The number of fused-ring (bicyclic) bond motifs is 1. The van der Waals surface area contributed by atoms with Crippen molar-refractivity contribution in [2.75, 3.05) is 33.4 Å². The van der Waals surface area contributed by atoms with Crippen molar-refractivity contribution in [3.05, 3.63) is 0 Å². The van der Waals surface area contributed by atoms with Gasteiger partial charge in [0.15, 0.2) is 0 Å². The molecular weight excluding hydrogens is 302 g/mol. The predicted octanol–water partition coefficient (Wildman–Crippen LogP) is 0.659. The number of amides is 4. The van der Waals surface area contributed by atoms with Crippen LogP contribution in [0.3, 0.4) is 0 Å². The predicted molar refractivity (Wildman–Crippen MR) is 79.8 cm³/mol. The number of carbonyl (C=O) groups excluding carboxylic acids is 3. The summed E-state index contributed by atoms with van der Waals surface area (Å²) in [6.45, 7) is 3.60. The van der Waals surface area contributed by atoms with Gasteiger partial charge in [-0.15, -0.1) is 0 Å². The zero-order valence-electron chi connectivity index (χ0n) is 13.6. The number of likely N-dealkylation sites (tertiary alicyclic amines) is 1. The van der Waals surface area contributed by atoms with Gasteiger partial charge in [0.05, 0.1) is 12.7 Å². The van der Waals surface area contributed by atoms with Crippen molar-refractivity contribution in [3.8, 4) is 0 Å². The van der Waals surface area contributed by atoms with E-state index in [2.05, 4.69) is 0 Å². The minimum absolute atomic E-state index is 0.0549. The average molecular weight is 325 g/mol. The maximum Gasteiger partial charge on any atom is 0.409 e. The minimum Gasteiger partial charge on any atom is -0.450 e. The largest absolute Gasteiger partial charge is 0.450 e. The zero-order valence-corrected chi connectivity index (χ0v) is 13.6. The number of hydrogen-bond acceptors (Lipinski definition) is 5. The molecule has 0 aliphatic carbocycles. The third-order valence-corrected chi connectivity index (χ3v) is 4.93. The number of piperidine rings is 1. The molecule has 0 aromatic heterocycles. The van der Waals surface area contributed by atoms with Crippen molar-refractivity contribution < 1.29 is 23.9 Å². The molecule has 3 fully saturated rings. The van der Waals surface area contributed by atoms with Gasteiger partial charge in [0, 0.05) is 39.2 Å². The molecule has 0 unspecified atom stereocenters. The first-order chi connectivity index (χ1) is 11.1. The summed E-state index contributed by atoms with van der Waals surface area (Å²) in [7, 11) is 1.60. The van der Waals surface area contributed by atoms with Crippen molar-refractivity contribution in [3.63, 3.8) is 0 Å². The third kappa shape index (κ3) is 2.75. The quantitative estimate of drug-likeness (QED) is 0.712. The van der Waals surface area contributed by atoms with Crippen LogP contribution < -0.4 is 0 Å². The van der Waals surface area contributed by atoms with E-state index in [9.17, 15) is 14.4 Å². The van der Waals surface area contributed by atoms with E-state index < -0.39 is 0 Å². The van der Waals surface area contributed by atoms with Crippen LogP contribution in [0.4, 0.5) is 9.59 Å².